The SMILES string of the molecule is Cc1c(-c2cccc(-c3nncnn3)c2)c(=O)oc2c3c4c(cc12)CCCN4CCC3.Cc1c(-c2cccc(C#N)c2)c(=O)oc2c3c4c(cc12)CCCN4CCC3. The normalized spacial score (nSPS) is 15.3. The summed E-state index contributed by atoms with van der Waals surface area (Å²) in [5.74, 6) is 0.422. The molecule has 0 radical (unpaired) electrons. The fraction of sp³-hybridized carbons (Fsp3) is 0.298. The molecule has 0 saturated heterocycles. The van der Waals surface area contributed by atoms with Gasteiger partial charge in [-0.25, -0.2) is 9.59 Å². The maximum Gasteiger partial charge on any atom is 0.344 e. The van der Waals surface area contributed by atoms with Gasteiger partial charge in [-0.3, -0.25) is 0 Å². The molecule has 0 amide bonds. The maximum atomic E-state index is 13.2. The average Bonchev–Trinajstić information content (AvgIpc) is 3.26. The van der Waals surface area contributed by atoms with E-state index in [1.54, 1.807) is 12.1 Å². The summed E-state index contributed by atoms with van der Waals surface area (Å²) in [6, 6.07) is 21.4. The van der Waals surface area contributed by atoms with E-state index in [0.717, 1.165) is 114 Å². The van der Waals surface area contributed by atoms with Gasteiger partial charge in [0.2, 0.25) is 5.82 Å². The summed E-state index contributed by atoms with van der Waals surface area (Å²) in [5, 5.41) is 26.9. The van der Waals surface area contributed by atoms with Gasteiger partial charge in [-0.2, -0.15) is 5.26 Å². The molecule has 11 heteroatoms. The molecular weight excluding hydrogens is 727 g/mol. The van der Waals surface area contributed by atoms with E-state index in [1.807, 2.05) is 50.2 Å². The van der Waals surface area contributed by atoms with Crippen molar-refractivity contribution in [3.63, 3.8) is 0 Å². The van der Waals surface area contributed by atoms with E-state index < -0.39 is 0 Å². The minimum Gasteiger partial charge on any atom is -0.422 e. The van der Waals surface area contributed by atoms with Crippen LogP contribution in [0.25, 0.3) is 55.6 Å². The molecule has 0 unspecified atom stereocenters. The molecule has 11 rings (SSSR count). The lowest BCUT2D eigenvalue weighted by Gasteiger charge is -2.37. The van der Waals surface area contributed by atoms with Crippen LogP contribution < -0.4 is 21.1 Å². The van der Waals surface area contributed by atoms with Gasteiger partial charge in [0.05, 0.1) is 22.8 Å². The zero-order valence-electron chi connectivity index (χ0n) is 32.6. The van der Waals surface area contributed by atoms with Crippen LogP contribution in [-0.2, 0) is 25.7 Å². The first kappa shape index (κ1) is 35.7. The minimum absolute atomic E-state index is 0.309. The van der Waals surface area contributed by atoms with Crippen LogP contribution in [0.1, 0.15) is 64.6 Å². The standard InChI is InChI=1S/C24H21N5O2.C23H20N2O2/c1-14-19-12-16-7-3-9-29-10-4-8-18(21(16)29)22(19)31-24(30)20(14)15-5-2-6-17(11-15)23-27-25-13-26-28-23;1-14-19-12-17-7-3-9-25-10-4-8-18(21(17)25)22(19)27-23(26)20(14)16-6-2-5-15(11-16)13-24/h2,5-6,11-13H,3-4,7-10H2,1H3;2,5-6,11-12H,3-4,7-10H2,1H3. The predicted octanol–water partition coefficient (Wildman–Crippen LogP) is 8.05. The number of aromatic nitrogens is 4. The first-order chi connectivity index (χ1) is 28.4. The van der Waals surface area contributed by atoms with Crippen molar-refractivity contribution in [3.8, 4) is 39.7 Å². The number of rotatable bonds is 3. The first-order valence-electron chi connectivity index (χ1n) is 20.2. The zero-order valence-corrected chi connectivity index (χ0v) is 32.6. The van der Waals surface area contributed by atoms with Crippen molar-refractivity contribution in [2.75, 3.05) is 36.0 Å². The topological polar surface area (TPSA) is 142 Å². The lowest BCUT2D eigenvalue weighted by atomic mass is 9.88. The van der Waals surface area contributed by atoms with E-state index in [9.17, 15) is 14.9 Å². The monoisotopic (exact) mass is 767 g/mol. The highest BCUT2D eigenvalue weighted by Crippen LogP contribution is 2.43. The summed E-state index contributed by atoms with van der Waals surface area (Å²) in [7, 11) is 0. The van der Waals surface area contributed by atoms with Gasteiger partial charge in [-0.1, -0.05) is 30.3 Å². The van der Waals surface area contributed by atoms with Gasteiger partial charge in [0, 0.05) is 65.0 Å². The predicted molar refractivity (Wildman–Crippen MR) is 224 cm³/mol. The largest absolute Gasteiger partial charge is 0.422 e. The van der Waals surface area contributed by atoms with Crippen LogP contribution in [0, 0.1) is 25.2 Å². The van der Waals surface area contributed by atoms with Crippen molar-refractivity contribution in [2.24, 2.45) is 0 Å². The minimum atomic E-state index is -0.320. The molecule has 58 heavy (non-hydrogen) atoms. The highest BCUT2D eigenvalue weighted by Gasteiger charge is 2.30. The Hall–Kier alpha value is -6.67. The molecule has 0 spiro atoms. The molecule has 0 N–H and O–H groups in total. The van der Waals surface area contributed by atoms with Gasteiger partial charge in [-0.15, -0.1) is 20.4 Å². The number of anilines is 2. The van der Waals surface area contributed by atoms with E-state index in [2.05, 4.69) is 48.4 Å². The molecule has 3 aromatic heterocycles. The van der Waals surface area contributed by atoms with Gasteiger partial charge in [0.1, 0.15) is 11.2 Å². The van der Waals surface area contributed by atoms with E-state index >= 15 is 0 Å². The first-order valence-corrected chi connectivity index (χ1v) is 20.2. The van der Waals surface area contributed by atoms with Crippen LogP contribution in [0.3, 0.4) is 0 Å². The molecule has 4 aliphatic rings. The molecule has 288 valence electrons. The van der Waals surface area contributed by atoms with E-state index in [4.69, 9.17) is 8.83 Å². The molecule has 0 atom stereocenters. The van der Waals surface area contributed by atoms with Crippen molar-refractivity contribution in [1.29, 1.82) is 5.26 Å². The van der Waals surface area contributed by atoms with Crippen molar-refractivity contribution in [2.45, 2.75) is 65.2 Å². The third-order valence-corrected chi connectivity index (χ3v) is 12.4. The molecule has 4 aliphatic heterocycles. The second-order valence-corrected chi connectivity index (χ2v) is 15.8. The molecule has 7 aromatic rings. The number of benzene rings is 4. The number of aryl methyl sites for hydroxylation is 6. The molecule has 0 bridgehead atoms. The Bertz CT molecular complexity index is 2960. The summed E-state index contributed by atoms with van der Waals surface area (Å²) < 4.78 is 11.9. The number of nitriles is 1. The highest BCUT2D eigenvalue weighted by molar-refractivity contribution is 5.95. The lowest BCUT2D eigenvalue weighted by Crippen LogP contribution is -2.34. The van der Waals surface area contributed by atoms with Crippen molar-refractivity contribution in [3.05, 3.63) is 127 Å². The Kier molecular flexibility index (Phi) is 8.85. The fourth-order valence-electron chi connectivity index (χ4n) is 9.86. The van der Waals surface area contributed by atoms with Crippen LogP contribution in [-0.4, -0.2) is 46.6 Å². The average molecular weight is 768 g/mol. The third-order valence-electron chi connectivity index (χ3n) is 12.4. The smallest absolute Gasteiger partial charge is 0.344 e. The molecule has 7 heterocycles. The molecule has 0 saturated carbocycles. The van der Waals surface area contributed by atoms with Crippen molar-refractivity contribution < 1.29 is 8.83 Å². The van der Waals surface area contributed by atoms with E-state index in [0.29, 0.717) is 22.5 Å². The summed E-state index contributed by atoms with van der Waals surface area (Å²) in [6.07, 6.45) is 9.89. The van der Waals surface area contributed by atoms with Gasteiger partial charge in [0.15, 0.2) is 6.33 Å². The van der Waals surface area contributed by atoms with E-state index in [1.165, 1.54) is 52.8 Å². The Morgan fingerprint density at radius 1 is 0.621 bits per heavy atom. The van der Waals surface area contributed by atoms with Crippen LogP contribution in [0.15, 0.2) is 85.4 Å². The Balaban J connectivity index is 0.000000142. The number of hydrogen-bond acceptors (Lipinski definition) is 11. The molecule has 4 aromatic carbocycles. The van der Waals surface area contributed by atoms with Gasteiger partial charge < -0.3 is 18.6 Å². The number of hydrogen-bond donors (Lipinski definition) is 0. The van der Waals surface area contributed by atoms with Gasteiger partial charge in [0.25, 0.3) is 0 Å². The van der Waals surface area contributed by atoms with Crippen molar-refractivity contribution >= 4 is 33.3 Å². The maximum absolute atomic E-state index is 13.2. The Morgan fingerprint density at radius 2 is 1.10 bits per heavy atom. The fourth-order valence-corrected chi connectivity index (χ4v) is 9.86. The highest BCUT2D eigenvalue weighted by atomic mass is 16.4. The Morgan fingerprint density at radius 3 is 1.64 bits per heavy atom. The zero-order chi connectivity index (χ0) is 39.5. The third kappa shape index (κ3) is 5.94. The molecule has 0 aliphatic carbocycles. The summed E-state index contributed by atoms with van der Waals surface area (Å²) in [5.41, 5.74) is 14.5. The number of fused-ring (bicyclic) bond motifs is 4. The quantitative estimate of drug-likeness (QED) is 0.161. The van der Waals surface area contributed by atoms with Crippen molar-refractivity contribution in [1.82, 2.24) is 20.4 Å². The van der Waals surface area contributed by atoms with Crippen LogP contribution in [0.4, 0.5) is 11.4 Å². The second kappa shape index (κ2) is 14.4. The summed E-state index contributed by atoms with van der Waals surface area (Å²) in [4.78, 5) is 31.0. The van der Waals surface area contributed by atoms with Gasteiger partial charge in [-0.05, 0) is 129 Å². The summed E-state index contributed by atoms with van der Waals surface area (Å²) >= 11 is 0. The molecule has 11 nitrogen and oxygen atoms in total. The van der Waals surface area contributed by atoms with Crippen LogP contribution in [0.2, 0.25) is 0 Å². The van der Waals surface area contributed by atoms with Crippen LogP contribution in [0.5, 0.6) is 0 Å². The number of nitrogens with zero attached hydrogens (tertiary/aromatic N) is 7. The summed E-state index contributed by atoms with van der Waals surface area (Å²) in [6.45, 7) is 8.37. The second-order valence-electron chi connectivity index (χ2n) is 15.8. The Labute approximate surface area is 334 Å². The lowest BCUT2D eigenvalue weighted by molar-refractivity contribution is 0.550. The van der Waals surface area contributed by atoms with E-state index in [-0.39, 0.29) is 11.3 Å². The van der Waals surface area contributed by atoms with Gasteiger partial charge >= 0.3 is 11.3 Å². The molecular formula is C47H41N7O4. The molecule has 0 fully saturated rings. The van der Waals surface area contributed by atoms with Crippen LogP contribution >= 0.6 is 0 Å².